The van der Waals surface area contributed by atoms with Gasteiger partial charge in [0.15, 0.2) is 0 Å². The molecule has 1 amide bonds. The molecule has 17 heavy (non-hydrogen) atoms. The van der Waals surface area contributed by atoms with E-state index in [-0.39, 0.29) is 17.9 Å². The van der Waals surface area contributed by atoms with Crippen LogP contribution in [0.3, 0.4) is 0 Å². The van der Waals surface area contributed by atoms with Gasteiger partial charge in [-0.25, -0.2) is 4.79 Å². The van der Waals surface area contributed by atoms with E-state index in [1.807, 2.05) is 20.8 Å². The molecule has 0 aromatic heterocycles. The first-order valence-corrected chi connectivity index (χ1v) is 5.67. The third kappa shape index (κ3) is 4.60. The molecule has 1 unspecified atom stereocenters. The molecule has 2 N–H and O–H groups in total. The molecule has 6 heteroatoms. The Balaban J connectivity index is 2.44. The lowest BCUT2D eigenvalue weighted by molar-refractivity contribution is -0.149. The molecule has 1 saturated heterocycles. The van der Waals surface area contributed by atoms with E-state index < -0.39 is 12.1 Å². The van der Waals surface area contributed by atoms with Gasteiger partial charge in [-0.3, -0.25) is 4.79 Å². The summed E-state index contributed by atoms with van der Waals surface area (Å²) in [6.45, 7) is 7.27. The van der Waals surface area contributed by atoms with Crippen molar-refractivity contribution in [1.29, 1.82) is 0 Å². The Morgan fingerprint density at radius 2 is 2.12 bits per heavy atom. The lowest BCUT2D eigenvalue weighted by atomic mass is 9.99. The molecule has 0 radical (unpaired) electrons. The zero-order valence-corrected chi connectivity index (χ0v) is 10.5. The molecule has 0 saturated carbocycles. The smallest absolute Gasteiger partial charge is 0.407 e. The van der Waals surface area contributed by atoms with E-state index in [4.69, 9.17) is 9.84 Å². The van der Waals surface area contributed by atoms with Crippen LogP contribution in [0.2, 0.25) is 0 Å². The number of carbonyl (C=O) groups excluding carboxylic acids is 1. The van der Waals surface area contributed by atoms with Gasteiger partial charge in [0, 0.05) is 13.1 Å². The van der Waals surface area contributed by atoms with Gasteiger partial charge >= 0.3 is 12.1 Å². The Bertz CT molecular complexity index is 298. The molecule has 98 valence electrons. The summed E-state index contributed by atoms with van der Waals surface area (Å²) in [7, 11) is 0. The highest BCUT2D eigenvalue weighted by Gasteiger charge is 2.29. The highest BCUT2D eigenvalue weighted by molar-refractivity contribution is 5.77. The lowest BCUT2D eigenvalue weighted by Crippen LogP contribution is -2.56. The molecule has 6 nitrogen and oxygen atoms in total. The normalized spacial score (nSPS) is 21.1. The molecule has 1 aliphatic rings. The highest BCUT2D eigenvalue weighted by Crippen LogP contribution is 2.13. The summed E-state index contributed by atoms with van der Waals surface area (Å²) in [4.78, 5) is 23.7. The standard InChI is InChI=1S/C11H20N2O4/c1-11(2,3)7-17-9(14)8-6-13(10(15)16)5-4-12-8/h8,12H,4-7H2,1-3H3,(H,15,16). The SMILES string of the molecule is CC(C)(C)COC(=O)C1CN(C(=O)O)CCN1. The van der Waals surface area contributed by atoms with Gasteiger partial charge in [0.1, 0.15) is 6.04 Å². The Kier molecular flexibility index (Phi) is 4.34. The number of ether oxygens (including phenoxy) is 1. The van der Waals surface area contributed by atoms with Gasteiger partial charge in [-0.1, -0.05) is 20.8 Å². The van der Waals surface area contributed by atoms with Crippen molar-refractivity contribution in [3.05, 3.63) is 0 Å². The van der Waals surface area contributed by atoms with E-state index in [1.165, 1.54) is 4.90 Å². The topological polar surface area (TPSA) is 78.9 Å². The summed E-state index contributed by atoms with van der Waals surface area (Å²) in [5.41, 5.74) is -0.0865. The van der Waals surface area contributed by atoms with Crippen molar-refractivity contribution in [1.82, 2.24) is 10.2 Å². The number of amides is 1. The van der Waals surface area contributed by atoms with Crippen molar-refractivity contribution in [2.24, 2.45) is 5.41 Å². The Labute approximate surface area is 101 Å². The molecule has 1 atom stereocenters. The summed E-state index contributed by atoms with van der Waals surface area (Å²) in [5, 5.41) is 11.8. The average Bonchev–Trinajstić information content (AvgIpc) is 2.25. The third-order valence-electron chi connectivity index (χ3n) is 2.38. The maximum Gasteiger partial charge on any atom is 0.407 e. The van der Waals surface area contributed by atoms with Crippen molar-refractivity contribution >= 4 is 12.1 Å². The number of hydrogen-bond acceptors (Lipinski definition) is 4. The van der Waals surface area contributed by atoms with Gasteiger partial charge in [-0.05, 0) is 5.41 Å². The van der Waals surface area contributed by atoms with Gasteiger partial charge in [0.25, 0.3) is 0 Å². The number of carboxylic acid groups (broad SMARTS) is 1. The number of piperazine rings is 1. The zero-order valence-electron chi connectivity index (χ0n) is 10.5. The van der Waals surface area contributed by atoms with Crippen LogP contribution in [-0.2, 0) is 9.53 Å². The Morgan fingerprint density at radius 1 is 1.47 bits per heavy atom. The van der Waals surface area contributed by atoms with Gasteiger partial charge in [0.05, 0.1) is 13.2 Å². The van der Waals surface area contributed by atoms with Crippen molar-refractivity contribution < 1.29 is 19.4 Å². The van der Waals surface area contributed by atoms with Crippen molar-refractivity contribution in [2.75, 3.05) is 26.2 Å². The first-order chi connectivity index (χ1) is 7.79. The predicted octanol–water partition coefficient (Wildman–Crippen LogP) is 0.527. The number of carbonyl (C=O) groups is 2. The summed E-state index contributed by atoms with van der Waals surface area (Å²) >= 11 is 0. The number of esters is 1. The largest absolute Gasteiger partial charge is 0.465 e. The van der Waals surface area contributed by atoms with Crippen LogP contribution in [-0.4, -0.2) is 54.4 Å². The molecule has 1 aliphatic heterocycles. The maximum absolute atomic E-state index is 11.7. The summed E-state index contributed by atoms with van der Waals surface area (Å²) in [5.74, 6) is -0.383. The molecule has 0 spiro atoms. The highest BCUT2D eigenvalue weighted by atomic mass is 16.5. The molecule has 0 aliphatic carbocycles. The molecule has 0 bridgehead atoms. The summed E-state index contributed by atoms with van der Waals surface area (Å²) in [6.07, 6.45) is -1.000. The fourth-order valence-corrected chi connectivity index (χ4v) is 1.47. The second-order valence-electron chi connectivity index (χ2n) is 5.40. The maximum atomic E-state index is 11.7. The minimum Gasteiger partial charge on any atom is -0.465 e. The number of hydrogen-bond donors (Lipinski definition) is 2. The molecular weight excluding hydrogens is 224 g/mol. The summed E-state index contributed by atoms with van der Waals surface area (Å²) < 4.78 is 5.15. The van der Waals surface area contributed by atoms with Crippen LogP contribution in [0.4, 0.5) is 4.79 Å². The molecule has 0 aromatic rings. The molecular formula is C11H20N2O4. The molecule has 1 fully saturated rings. The Morgan fingerprint density at radius 3 is 2.65 bits per heavy atom. The quantitative estimate of drug-likeness (QED) is 0.693. The van der Waals surface area contributed by atoms with Crippen molar-refractivity contribution in [3.63, 3.8) is 0 Å². The van der Waals surface area contributed by atoms with Gasteiger partial charge in [0.2, 0.25) is 0 Å². The van der Waals surface area contributed by atoms with Crippen LogP contribution < -0.4 is 5.32 Å². The van der Waals surface area contributed by atoms with E-state index >= 15 is 0 Å². The Hall–Kier alpha value is -1.30. The van der Waals surface area contributed by atoms with Crippen LogP contribution in [0.1, 0.15) is 20.8 Å². The van der Waals surface area contributed by atoms with Crippen molar-refractivity contribution in [2.45, 2.75) is 26.8 Å². The lowest BCUT2D eigenvalue weighted by Gasteiger charge is -2.31. The number of rotatable bonds is 2. The molecule has 0 aromatic carbocycles. The van der Waals surface area contributed by atoms with Gasteiger partial charge in [-0.2, -0.15) is 0 Å². The average molecular weight is 244 g/mol. The minimum atomic E-state index is -1.000. The van der Waals surface area contributed by atoms with E-state index in [0.29, 0.717) is 19.7 Å². The first-order valence-electron chi connectivity index (χ1n) is 5.67. The van der Waals surface area contributed by atoms with Crippen LogP contribution in [0.25, 0.3) is 0 Å². The molecule has 1 rings (SSSR count). The monoisotopic (exact) mass is 244 g/mol. The fourth-order valence-electron chi connectivity index (χ4n) is 1.47. The molecule has 1 heterocycles. The van der Waals surface area contributed by atoms with Crippen LogP contribution in [0.5, 0.6) is 0 Å². The van der Waals surface area contributed by atoms with E-state index in [9.17, 15) is 9.59 Å². The minimum absolute atomic E-state index is 0.0865. The van der Waals surface area contributed by atoms with Gasteiger partial charge in [-0.15, -0.1) is 0 Å². The zero-order chi connectivity index (χ0) is 13.1. The van der Waals surface area contributed by atoms with Crippen LogP contribution >= 0.6 is 0 Å². The van der Waals surface area contributed by atoms with E-state index in [1.54, 1.807) is 0 Å². The van der Waals surface area contributed by atoms with Crippen LogP contribution in [0, 0.1) is 5.41 Å². The fraction of sp³-hybridized carbons (Fsp3) is 0.818. The van der Waals surface area contributed by atoms with Crippen molar-refractivity contribution in [3.8, 4) is 0 Å². The first kappa shape index (κ1) is 13.8. The van der Waals surface area contributed by atoms with E-state index in [0.717, 1.165) is 0 Å². The number of nitrogens with one attached hydrogen (secondary N) is 1. The second kappa shape index (κ2) is 5.35. The van der Waals surface area contributed by atoms with Gasteiger partial charge < -0.3 is 20.1 Å². The van der Waals surface area contributed by atoms with E-state index in [2.05, 4.69) is 5.32 Å². The number of nitrogens with zero attached hydrogens (tertiary/aromatic N) is 1. The summed E-state index contributed by atoms with van der Waals surface area (Å²) in [6, 6.07) is -0.554. The predicted molar refractivity (Wildman–Crippen MR) is 61.8 cm³/mol. The second-order valence-corrected chi connectivity index (χ2v) is 5.40. The third-order valence-corrected chi connectivity index (χ3v) is 2.38. The van der Waals surface area contributed by atoms with Crippen LogP contribution in [0.15, 0.2) is 0 Å².